The van der Waals surface area contributed by atoms with Crippen LogP contribution in [-0.2, 0) is 17.8 Å². The zero-order valence-electron chi connectivity index (χ0n) is 19.4. The number of benzene rings is 2. The molecule has 2 aliphatic heterocycles. The molecule has 3 aromatic rings. The molecule has 3 heterocycles. The van der Waals surface area contributed by atoms with Crippen molar-refractivity contribution in [3.63, 3.8) is 0 Å². The van der Waals surface area contributed by atoms with Crippen LogP contribution >= 0.6 is 0 Å². The summed E-state index contributed by atoms with van der Waals surface area (Å²) >= 11 is 0. The summed E-state index contributed by atoms with van der Waals surface area (Å²) in [6.45, 7) is 1.71. The average molecular weight is 461 g/mol. The number of piperidine rings is 1. The van der Waals surface area contributed by atoms with Crippen LogP contribution in [0.3, 0.4) is 0 Å². The number of imidazole rings is 1. The smallest absolute Gasteiger partial charge is 0.254 e. The van der Waals surface area contributed by atoms with Crippen LogP contribution in [0.5, 0.6) is 0 Å². The van der Waals surface area contributed by atoms with Gasteiger partial charge in [0.2, 0.25) is 5.91 Å². The molecule has 1 atom stereocenters. The van der Waals surface area contributed by atoms with Crippen LogP contribution in [0.1, 0.15) is 40.7 Å². The van der Waals surface area contributed by atoms with Gasteiger partial charge in [-0.2, -0.15) is 0 Å². The van der Waals surface area contributed by atoms with Crippen molar-refractivity contribution in [2.45, 2.75) is 38.3 Å². The van der Waals surface area contributed by atoms with Gasteiger partial charge < -0.3 is 14.4 Å². The lowest BCUT2D eigenvalue weighted by molar-refractivity contribution is -0.137. The number of hydrogen-bond acceptors (Lipinski definition) is 3. The lowest BCUT2D eigenvalue weighted by Crippen LogP contribution is -2.46. The molecule has 2 aromatic carbocycles. The van der Waals surface area contributed by atoms with Crippen LogP contribution < -0.4 is 0 Å². The SMILES string of the molecule is CN1C(=O)C2(CCN(C(=O)c3ccccc3Cn3ccnc3)CC2)CC1Cc1cccc(F)c1. The van der Waals surface area contributed by atoms with E-state index in [-0.39, 0.29) is 23.7 Å². The lowest BCUT2D eigenvalue weighted by Gasteiger charge is -2.38. The van der Waals surface area contributed by atoms with E-state index in [0.29, 0.717) is 44.5 Å². The molecule has 176 valence electrons. The number of carbonyl (C=O) groups is 2. The molecule has 2 saturated heterocycles. The van der Waals surface area contributed by atoms with Gasteiger partial charge in [-0.15, -0.1) is 0 Å². The highest BCUT2D eigenvalue weighted by Crippen LogP contribution is 2.45. The highest BCUT2D eigenvalue weighted by atomic mass is 19.1. The van der Waals surface area contributed by atoms with Crippen LogP contribution in [0.4, 0.5) is 4.39 Å². The van der Waals surface area contributed by atoms with E-state index in [4.69, 9.17) is 0 Å². The molecule has 1 unspecified atom stereocenters. The Morgan fingerprint density at radius 1 is 1.15 bits per heavy atom. The van der Waals surface area contributed by atoms with E-state index in [1.54, 1.807) is 24.7 Å². The van der Waals surface area contributed by atoms with Crippen molar-refractivity contribution in [3.8, 4) is 0 Å². The fourth-order valence-corrected chi connectivity index (χ4v) is 5.53. The Kier molecular flexibility index (Phi) is 5.94. The Bertz CT molecular complexity index is 1180. The van der Waals surface area contributed by atoms with Gasteiger partial charge in [-0.25, -0.2) is 9.37 Å². The van der Waals surface area contributed by atoms with Crippen LogP contribution in [0.2, 0.25) is 0 Å². The number of amides is 2. The second-order valence-electron chi connectivity index (χ2n) is 9.57. The third-order valence-electron chi connectivity index (χ3n) is 7.48. The monoisotopic (exact) mass is 460 g/mol. The number of hydrogen-bond donors (Lipinski definition) is 0. The summed E-state index contributed by atoms with van der Waals surface area (Å²) in [7, 11) is 1.85. The maximum absolute atomic E-state index is 13.6. The first-order valence-electron chi connectivity index (χ1n) is 11.8. The quantitative estimate of drug-likeness (QED) is 0.583. The first kappa shape index (κ1) is 22.3. The summed E-state index contributed by atoms with van der Waals surface area (Å²) in [5.41, 5.74) is 2.13. The van der Waals surface area contributed by atoms with Gasteiger partial charge in [0.1, 0.15) is 5.82 Å². The molecule has 2 fully saturated rings. The highest BCUT2D eigenvalue weighted by Gasteiger charge is 2.51. The van der Waals surface area contributed by atoms with Gasteiger partial charge in [0.15, 0.2) is 0 Å². The number of carbonyl (C=O) groups excluding carboxylic acids is 2. The molecular formula is C27H29FN4O2. The van der Waals surface area contributed by atoms with Crippen molar-refractivity contribution in [3.05, 3.63) is 89.8 Å². The summed E-state index contributed by atoms with van der Waals surface area (Å²) in [5, 5.41) is 0. The Hall–Kier alpha value is -3.48. The minimum Gasteiger partial charge on any atom is -0.342 e. The molecule has 1 spiro atoms. The van der Waals surface area contributed by atoms with Gasteiger partial charge in [0.25, 0.3) is 5.91 Å². The normalized spacial score (nSPS) is 19.7. The fourth-order valence-electron chi connectivity index (χ4n) is 5.53. The minimum absolute atomic E-state index is 0.0145. The second kappa shape index (κ2) is 9.05. The van der Waals surface area contributed by atoms with E-state index < -0.39 is 5.41 Å². The van der Waals surface area contributed by atoms with E-state index in [0.717, 1.165) is 17.5 Å². The van der Waals surface area contributed by atoms with Gasteiger partial charge in [-0.05, 0) is 55.0 Å². The van der Waals surface area contributed by atoms with Gasteiger partial charge in [0, 0.05) is 50.7 Å². The molecule has 5 rings (SSSR count). The molecule has 6 nitrogen and oxygen atoms in total. The van der Waals surface area contributed by atoms with Gasteiger partial charge >= 0.3 is 0 Å². The third-order valence-corrected chi connectivity index (χ3v) is 7.48. The summed E-state index contributed by atoms with van der Waals surface area (Å²) in [4.78, 5) is 34.5. The third kappa shape index (κ3) is 4.22. The standard InChI is InChI=1S/C27H29FN4O2/c1-30-23(16-20-5-4-7-22(28)15-20)17-27(26(30)34)9-12-32(13-10-27)25(33)24-8-3-2-6-21(24)18-31-14-11-29-19-31/h2-8,11,14-15,19,23H,9-10,12-13,16-18H2,1H3. The topological polar surface area (TPSA) is 58.4 Å². The molecule has 1 aromatic heterocycles. The fraction of sp³-hybridized carbons (Fsp3) is 0.370. The molecule has 0 aliphatic carbocycles. The first-order valence-corrected chi connectivity index (χ1v) is 11.8. The van der Waals surface area contributed by atoms with Crippen molar-refractivity contribution in [1.29, 1.82) is 0 Å². The van der Waals surface area contributed by atoms with Crippen molar-refractivity contribution in [2.24, 2.45) is 5.41 Å². The highest BCUT2D eigenvalue weighted by molar-refractivity contribution is 5.96. The van der Waals surface area contributed by atoms with E-state index in [1.165, 1.54) is 6.07 Å². The molecule has 0 N–H and O–H groups in total. The zero-order valence-corrected chi connectivity index (χ0v) is 19.4. The van der Waals surface area contributed by atoms with Gasteiger partial charge in [-0.3, -0.25) is 9.59 Å². The Labute approximate surface area is 199 Å². The molecule has 0 radical (unpaired) electrons. The van der Waals surface area contributed by atoms with Crippen LogP contribution in [0, 0.1) is 11.2 Å². The molecular weight excluding hydrogens is 431 g/mol. The van der Waals surface area contributed by atoms with Gasteiger partial charge in [-0.1, -0.05) is 30.3 Å². The lowest BCUT2D eigenvalue weighted by atomic mass is 9.75. The Balaban J connectivity index is 1.26. The number of likely N-dealkylation sites (tertiary alicyclic amines) is 2. The maximum Gasteiger partial charge on any atom is 0.254 e. The maximum atomic E-state index is 13.6. The molecule has 34 heavy (non-hydrogen) atoms. The van der Waals surface area contributed by atoms with Crippen molar-refractivity contribution < 1.29 is 14.0 Å². The van der Waals surface area contributed by atoms with Crippen LogP contribution in [0.15, 0.2) is 67.3 Å². The Morgan fingerprint density at radius 3 is 2.68 bits per heavy atom. The summed E-state index contributed by atoms with van der Waals surface area (Å²) < 4.78 is 15.6. The van der Waals surface area contributed by atoms with E-state index in [9.17, 15) is 14.0 Å². The molecule has 0 bridgehead atoms. The first-order chi connectivity index (χ1) is 16.4. The summed E-state index contributed by atoms with van der Waals surface area (Å²) in [6.07, 6.45) is 8.06. The predicted molar refractivity (Wildman–Crippen MR) is 127 cm³/mol. The van der Waals surface area contributed by atoms with Crippen LogP contribution in [-0.4, -0.2) is 57.3 Å². The number of likely N-dealkylation sites (N-methyl/N-ethyl adjacent to an activating group) is 1. The number of nitrogens with zero attached hydrogens (tertiary/aromatic N) is 4. The van der Waals surface area contributed by atoms with E-state index in [2.05, 4.69) is 4.98 Å². The molecule has 0 saturated carbocycles. The van der Waals surface area contributed by atoms with Crippen molar-refractivity contribution >= 4 is 11.8 Å². The van der Waals surface area contributed by atoms with Crippen LogP contribution in [0.25, 0.3) is 0 Å². The largest absolute Gasteiger partial charge is 0.342 e. The van der Waals surface area contributed by atoms with E-state index in [1.807, 2.05) is 57.9 Å². The molecule has 2 amide bonds. The summed E-state index contributed by atoms with van der Waals surface area (Å²) in [5.74, 6) is -0.0819. The Morgan fingerprint density at radius 2 is 1.94 bits per heavy atom. The van der Waals surface area contributed by atoms with Crippen molar-refractivity contribution in [2.75, 3.05) is 20.1 Å². The molecule has 7 heteroatoms. The second-order valence-corrected chi connectivity index (χ2v) is 9.57. The van der Waals surface area contributed by atoms with Crippen molar-refractivity contribution in [1.82, 2.24) is 19.4 Å². The zero-order chi connectivity index (χ0) is 23.7. The average Bonchev–Trinajstić information content (AvgIpc) is 3.43. The minimum atomic E-state index is -0.431. The molecule has 2 aliphatic rings. The summed E-state index contributed by atoms with van der Waals surface area (Å²) in [6, 6.07) is 14.4. The number of rotatable bonds is 5. The number of aromatic nitrogens is 2. The number of halogens is 1. The van der Waals surface area contributed by atoms with E-state index >= 15 is 0 Å². The predicted octanol–water partition coefficient (Wildman–Crippen LogP) is 3.77. The van der Waals surface area contributed by atoms with Gasteiger partial charge in [0.05, 0.1) is 11.7 Å².